The van der Waals surface area contributed by atoms with Gasteiger partial charge in [0.15, 0.2) is 0 Å². The number of nitrogens with zero attached hydrogens (tertiary/aromatic N) is 4. The number of benzene rings is 1. The molecular formula is C14H14ClN5O. The van der Waals surface area contributed by atoms with Gasteiger partial charge < -0.3 is 5.32 Å². The lowest BCUT2D eigenvalue weighted by atomic mass is 10.3. The summed E-state index contributed by atoms with van der Waals surface area (Å²) in [5.41, 5.74) is 0.785. The summed E-state index contributed by atoms with van der Waals surface area (Å²) in [6.07, 6.45) is 1.02. The highest BCUT2D eigenvalue weighted by molar-refractivity contribution is 6.30. The molecule has 0 bridgehead atoms. The molecule has 1 N–H and O–H groups in total. The average molecular weight is 304 g/mol. The number of aryl methyl sites for hydroxylation is 1. The van der Waals surface area contributed by atoms with Crippen molar-refractivity contribution in [2.45, 2.75) is 19.8 Å². The minimum Gasteiger partial charge on any atom is -0.349 e. The van der Waals surface area contributed by atoms with Gasteiger partial charge >= 0.3 is 0 Å². The fourth-order valence-electron chi connectivity index (χ4n) is 1.76. The molecule has 21 heavy (non-hydrogen) atoms. The van der Waals surface area contributed by atoms with Gasteiger partial charge in [0, 0.05) is 18.0 Å². The molecule has 1 aromatic heterocycles. The minimum atomic E-state index is -0.344. The van der Waals surface area contributed by atoms with Gasteiger partial charge in [0.1, 0.15) is 5.82 Å². The van der Waals surface area contributed by atoms with Crippen molar-refractivity contribution >= 4 is 17.5 Å². The monoisotopic (exact) mass is 303 g/mol. The van der Waals surface area contributed by atoms with E-state index in [1.54, 1.807) is 35.9 Å². The fourth-order valence-corrected chi connectivity index (χ4v) is 1.89. The number of amides is 1. The first-order valence-electron chi connectivity index (χ1n) is 6.46. The Morgan fingerprint density at radius 1 is 1.43 bits per heavy atom. The normalized spacial score (nSPS) is 10.1. The fraction of sp³-hybridized carbons (Fsp3) is 0.286. The van der Waals surface area contributed by atoms with E-state index in [4.69, 9.17) is 16.9 Å². The number of carbonyl (C=O) groups is 1. The number of carbonyl (C=O) groups excluding carboxylic acids is 1. The Bertz CT molecular complexity index is 672. The molecule has 7 heteroatoms. The minimum absolute atomic E-state index is 0.111. The van der Waals surface area contributed by atoms with Crippen LogP contribution >= 0.6 is 11.6 Å². The number of nitrogens with one attached hydrogen (secondary N) is 1. The van der Waals surface area contributed by atoms with Gasteiger partial charge in [-0.15, -0.1) is 5.10 Å². The number of nitriles is 1. The number of unbranched alkanes of at least 4 members (excludes halogenated alkanes) is 1. The van der Waals surface area contributed by atoms with Crippen molar-refractivity contribution in [3.8, 4) is 11.8 Å². The van der Waals surface area contributed by atoms with E-state index in [-0.39, 0.29) is 11.7 Å². The molecular weight excluding hydrogens is 290 g/mol. The highest BCUT2D eigenvalue weighted by Crippen LogP contribution is 2.14. The first kappa shape index (κ1) is 15.0. The maximum absolute atomic E-state index is 11.9. The van der Waals surface area contributed by atoms with Crippen molar-refractivity contribution in [1.82, 2.24) is 20.1 Å². The van der Waals surface area contributed by atoms with Crippen molar-refractivity contribution in [3.63, 3.8) is 0 Å². The Labute approximate surface area is 127 Å². The second kappa shape index (κ2) is 6.86. The number of aromatic nitrogens is 3. The SMILES string of the molecule is Cc1nc(C(=O)NCCCC#N)nn1-c1ccc(Cl)cc1. The van der Waals surface area contributed by atoms with Crippen molar-refractivity contribution in [2.75, 3.05) is 6.54 Å². The molecule has 0 fully saturated rings. The van der Waals surface area contributed by atoms with Gasteiger partial charge in [-0.25, -0.2) is 9.67 Å². The molecule has 6 nitrogen and oxygen atoms in total. The molecule has 0 saturated carbocycles. The first-order valence-corrected chi connectivity index (χ1v) is 6.84. The van der Waals surface area contributed by atoms with Crippen LogP contribution in [0.2, 0.25) is 5.02 Å². The van der Waals surface area contributed by atoms with Crippen LogP contribution in [0.1, 0.15) is 29.3 Å². The Hall–Kier alpha value is -2.39. The zero-order valence-electron chi connectivity index (χ0n) is 11.5. The van der Waals surface area contributed by atoms with Crippen molar-refractivity contribution in [3.05, 3.63) is 40.9 Å². The molecule has 1 aromatic carbocycles. The van der Waals surface area contributed by atoms with Gasteiger partial charge in [0.05, 0.1) is 11.8 Å². The molecule has 0 saturated heterocycles. The van der Waals surface area contributed by atoms with Crippen LogP contribution in [-0.4, -0.2) is 27.2 Å². The van der Waals surface area contributed by atoms with Gasteiger partial charge in [-0.1, -0.05) is 11.6 Å². The van der Waals surface area contributed by atoms with E-state index >= 15 is 0 Å². The van der Waals surface area contributed by atoms with Crippen LogP contribution in [0.25, 0.3) is 5.69 Å². The molecule has 0 radical (unpaired) electrons. The Morgan fingerprint density at radius 2 is 2.14 bits per heavy atom. The van der Waals surface area contributed by atoms with Crippen molar-refractivity contribution in [2.24, 2.45) is 0 Å². The Kier molecular flexibility index (Phi) is 4.90. The van der Waals surface area contributed by atoms with Crippen LogP contribution in [0, 0.1) is 18.3 Å². The third kappa shape index (κ3) is 3.80. The van der Waals surface area contributed by atoms with Crippen LogP contribution in [-0.2, 0) is 0 Å². The van der Waals surface area contributed by atoms with E-state index in [1.165, 1.54) is 0 Å². The molecule has 0 atom stereocenters. The van der Waals surface area contributed by atoms with Gasteiger partial charge in [0.25, 0.3) is 5.91 Å². The number of rotatable bonds is 5. The average Bonchev–Trinajstić information content (AvgIpc) is 2.86. The van der Waals surface area contributed by atoms with Crippen molar-refractivity contribution < 1.29 is 4.79 Å². The predicted octanol–water partition coefficient (Wildman–Crippen LogP) is 2.26. The van der Waals surface area contributed by atoms with Gasteiger partial charge in [-0.2, -0.15) is 5.26 Å². The summed E-state index contributed by atoms with van der Waals surface area (Å²) in [5, 5.41) is 15.9. The smallest absolute Gasteiger partial charge is 0.290 e. The largest absolute Gasteiger partial charge is 0.349 e. The Morgan fingerprint density at radius 3 is 2.81 bits per heavy atom. The van der Waals surface area contributed by atoms with Crippen LogP contribution in [0.4, 0.5) is 0 Å². The van der Waals surface area contributed by atoms with Crippen molar-refractivity contribution in [1.29, 1.82) is 5.26 Å². The van der Waals surface area contributed by atoms with E-state index < -0.39 is 0 Å². The number of hydrogen-bond acceptors (Lipinski definition) is 4. The van der Waals surface area contributed by atoms with Gasteiger partial charge in [-0.3, -0.25) is 4.79 Å². The highest BCUT2D eigenvalue weighted by Gasteiger charge is 2.14. The maximum Gasteiger partial charge on any atom is 0.290 e. The summed E-state index contributed by atoms with van der Waals surface area (Å²) in [6.45, 7) is 2.20. The summed E-state index contributed by atoms with van der Waals surface area (Å²) >= 11 is 5.85. The summed E-state index contributed by atoms with van der Waals surface area (Å²) in [7, 11) is 0. The molecule has 1 amide bonds. The number of hydrogen-bond donors (Lipinski definition) is 1. The van der Waals surface area contributed by atoms with Crippen LogP contribution in [0.15, 0.2) is 24.3 Å². The molecule has 0 unspecified atom stereocenters. The maximum atomic E-state index is 11.9. The quantitative estimate of drug-likeness (QED) is 0.859. The summed E-state index contributed by atoms with van der Waals surface area (Å²) in [5.74, 6) is 0.377. The molecule has 108 valence electrons. The van der Waals surface area contributed by atoms with Crippen LogP contribution in [0.3, 0.4) is 0 Å². The lowest BCUT2D eigenvalue weighted by Gasteiger charge is -2.02. The van der Waals surface area contributed by atoms with E-state index in [0.29, 0.717) is 30.2 Å². The summed E-state index contributed by atoms with van der Waals surface area (Å²) < 4.78 is 1.58. The van der Waals surface area contributed by atoms with Crippen LogP contribution < -0.4 is 5.32 Å². The first-order chi connectivity index (χ1) is 10.1. The number of halogens is 1. The zero-order valence-corrected chi connectivity index (χ0v) is 12.3. The molecule has 0 spiro atoms. The Balaban J connectivity index is 2.10. The third-order valence-corrected chi connectivity index (χ3v) is 3.05. The highest BCUT2D eigenvalue weighted by atomic mass is 35.5. The zero-order chi connectivity index (χ0) is 15.2. The second-order valence-electron chi connectivity index (χ2n) is 4.39. The van der Waals surface area contributed by atoms with Gasteiger partial charge in [0.2, 0.25) is 5.82 Å². The second-order valence-corrected chi connectivity index (χ2v) is 4.82. The summed E-state index contributed by atoms with van der Waals surface area (Å²) in [4.78, 5) is 16.1. The molecule has 0 aliphatic carbocycles. The van der Waals surface area contributed by atoms with E-state index in [2.05, 4.69) is 15.4 Å². The van der Waals surface area contributed by atoms with Crippen LogP contribution in [0.5, 0.6) is 0 Å². The molecule has 2 aromatic rings. The molecule has 0 aliphatic heterocycles. The van der Waals surface area contributed by atoms with E-state index in [1.807, 2.05) is 6.07 Å². The topological polar surface area (TPSA) is 83.6 Å². The van der Waals surface area contributed by atoms with E-state index in [9.17, 15) is 4.79 Å². The van der Waals surface area contributed by atoms with Gasteiger partial charge in [-0.05, 0) is 37.6 Å². The lowest BCUT2D eigenvalue weighted by molar-refractivity contribution is 0.0943. The van der Waals surface area contributed by atoms with E-state index in [0.717, 1.165) is 5.69 Å². The summed E-state index contributed by atoms with van der Waals surface area (Å²) in [6, 6.07) is 9.13. The third-order valence-electron chi connectivity index (χ3n) is 2.79. The molecule has 0 aliphatic rings. The molecule has 2 rings (SSSR count). The standard InChI is InChI=1S/C14H14ClN5O/c1-10-18-13(14(21)17-9-3-2-8-16)19-20(10)12-6-4-11(15)5-7-12/h4-7H,2-3,9H2,1H3,(H,17,21). The predicted molar refractivity (Wildman–Crippen MR) is 78.3 cm³/mol. The molecule has 1 heterocycles. The lowest BCUT2D eigenvalue weighted by Crippen LogP contribution is -2.25.